The highest BCUT2D eigenvalue weighted by atomic mass is 16.3. The van der Waals surface area contributed by atoms with Crippen LogP contribution in [0.4, 0.5) is 0 Å². The molecular weight excluding hydrogens is 424 g/mol. The summed E-state index contributed by atoms with van der Waals surface area (Å²) in [6.07, 6.45) is 7.54. The summed E-state index contributed by atoms with van der Waals surface area (Å²) in [7, 11) is 0. The molecule has 0 saturated heterocycles. The molecule has 4 rings (SSSR count). The van der Waals surface area contributed by atoms with Crippen LogP contribution in [0.25, 0.3) is 0 Å². The largest absolute Gasteiger partial charge is 0.393 e. The fraction of sp³-hybridized carbons (Fsp3) is 0.933. The number of allylic oxidation sites excluding steroid dienone is 2. The molecule has 196 valence electrons. The minimum absolute atomic E-state index is 0.0264. The highest BCUT2D eigenvalue weighted by Crippen LogP contribution is 2.75. The van der Waals surface area contributed by atoms with E-state index in [2.05, 4.69) is 54.5 Å². The van der Waals surface area contributed by atoms with Gasteiger partial charge in [0.1, 0.15) is 0 Å². The smallest absolute Gasteiger partial charge is 0.0654 e. The molecule has 0 amide bonds. The highest BCUT2D eigenvalue weighted by molar-refractivity contribution is 5.21. The van der Waals surface area contributed by atoms with E-state index in [9.17, 15) is 20.4 Å². The molecule has 11 atom stereocenters. The van der Waals surface area contributed by atoms with Crippen molar-refractivity contribution in [3.8, 4) is 0 Å². The van der Waals surface area contributed by atoms with E-state index < -0.39 is 23.9 Å². The predicted molar refractivity (Wildman–Crippen MR) is 137 cm³/mol. The standard InChI is InChI=1S/C30H52O4/c1-18(2)10-9-13-30(8,34)19-11-15-28(6)24(19)20(31)16-22-27(5)14-12-23(33)26(3,4)25(27)21(32)17-29(22,28)7/h10,19-25,31-34H,9,11-17H2,1-8H3/t19-,20+,21-,22+,23-,24-,25-,27+,28+,29+,30-/m0/s1. The zero-order valence-corrected chi connectivity index (χ0v) is 23.1. The molecule has 0 unspecified atom stereocenters. The average Bonchev–Trinajstić information content (AvgIpc) is 3.07. The van der Waals surface area contributed by atoms with Gasteiger partial charge in [-0.1, -0.05) is 46.3 Å². The van der Waals surface area contributed by atoms with Crippen molar-refractivity contribution < 1.29 is 20.4 Å². The Morgan fingerprint density at radius 3 is 2.21 bits per heavy atom. The van der Waals surface area contributed by atoms with E-state index in [1.807, 2.05) is 6.92 Å². The molecule has 4 aliphatic rings. The zero-order valence-electron chi connectivity index (χ0n) is 23.1. The normalized spacial score (nSPS) is 51.6. The quantitative estimate of drug-likeness (QED) is 0.406. The van der Waals surface area contributed by atoms with Crippen molar-refractivity contribution in [3.05, 3.63) is 11.6 Å². The zero-order chi connectivity index (χ0) is 25.5. The summed E-state index contributed by atoms with van der Waals surface area (Å²) in [5.74, 6) is 0.442. The number of aliphatic hydroxyl groups excluding tert-OH is 3. The first-order valence-corrected chi connectivity index (χ1v) is 13.9. The van der Waals surface area contributed by atoms with Crippen LogP contribution in [0.15, 0.2) is 11.6 Å². The third kappa shape index (κ3) is 3.60. The molecule has 4 fully saturated rings. The molecule has 0 spiro atoms. The Balaban J connectivity index is 1.70. The van der Waals surface area contributed by atoms with Crippen LogP contribution in [0.3, 0.4) is 0 Å². The Labute approximate surface area is 208 Å². The Kier molecular flexibility index (Phi) is 6.50. The lowest BCUT2D eigenvalue weighted by atomic mass is 9.34. The maximum Gasteiger partial charge on any atom is 0.0654 e. The molecule has 4 nitrogen and oxygen atoms in total. The molecule has 0 bridgehead atoms. The average molecular weight is 477 g/mol. The molecular formula is C30H52O4. The Bertz CT molecular complexity index is 813. The molecule has 4 heteroatoms. The van der Waals surface area contributed by atoms with Crippen molar-refractivity contribution in [2.24, 2.45) is 45.3 Å². The van der Waals surface area contributed by atoms with Crippen LogP contribution in [-0.4, -0.2) is 44.3 Å². The molecule has 0 aromatic carbocycles. The highest BCUT2D eigenvalue weighted by Gasteiger charge is 2.72. The second-order valence-electron chi connectivity index (χ2n) is 14.7. The van der Waals surface area contributed by atoms with Gasteiger partial charge in [0.15, 0.2) is 0 Å². The number of fused-ring (bicyclic) bond motifs is 5. The molecule has 4 aliphatic carbocycles. The lowest BCUT2D eigenvalue weighted by Gasteiger charge is -2.71. The molecule has 0 radical (unpaired) electrons. The van der Waals surface area contributed by atoms with E-state index in [-0.39, 0.29) is 39.4 Å². The van der Waals surface area contributed by atoms with Crippen LogP contribution in [0.2, 0.25) is 0 Å². The van der Waals surface area contributed by atoms with Crippen LogP contribution < -0.4 is 0 Å². The van der Waals surface area contributed by atoms with Crippen molar-refractivity contribution >= 4 is 0 Å². The first kappa shape index (κ1) is 26.6. The van der Waals surface area contributed by atoms with E-state index in [0.29, 0.717) is 5.92 Å². The van der Waals surface area contributed by atoms with Crippen LogP contribution >= 0.6 is 0 Å². The molecule has 34 heavy (non-hydrogen) atoms. The Hall–Kier alpha value is -0.420. The van der Waals surface area contributed by atoms with Crippen LogP contribution in [-0.2, 0) is 0 Å². The summed E-state index contributed by atoms with van der Waals surface area (Å²) >= 11 is 0. The molecule has 4 saturated carbocycles. The molecule has 4 N–H and O–H groups in total. The third-order valence-electron chi connectivity index (χ3n) is 12.3. The first-order chi connectivity index (χ1) is 15.5. The monoisotopic (exact) mass is 476 g/mol. The molecule has 0 aromatic rings. The van der Waals surface area contributed by atoms with E-state index >= 15 is 0 Å². The lowest BCUT2D eigenvalue weighted by molar-refractivity contribution is -0.274. The fourth-order valence-electron chi connectivity index (χ4n) is 10.5. The summed E-state index contributed by atoms with van der Waals surface area (Å²) in [5.41, 5.74) is -0.230. The molecule has 0 aliphatic heterocycles. The van der Waals surface area contributed by atoms with Crippen molar-refractivity contribution in [1.82, 2.24) is 0 Å². The maximum absolute atomic E-state index is 11.8. The summed E-state index contributed by atoms with van der Waals surface area (Å²) < 4.78 is 0. The van der Waals surface area contributed by atoms with Gasteiger partial charge < -0.3 is 20.4 Å². The minimum Gasteiger partial charge on any atom is -0.393 e. The van der Waals surface area contributed by atoms with Crippen molar-refractivity contribution in [1.29, 1.82) is 0 Å². The number of aliphatic hydroxyl groups is 4. The molecule has 0 aromatic heterocycles. The number of hydrogen-bond acceptors (Lipinski definition) is 4. The van der Waals surface area contributed by atoms with Gasteiger partial charge in [0.25, 0.3) is 0 Å². The van der Waals surface area contributed by atoms with Gasteiger partial charge in [-0.05, 0) is 117 Å². The maximum atomic E-state index is 11.8. The van der Waals surface area contributed by atoms with Gasteiger partial charge in [-0.3, -0.25) is 0 Å². The first-order valence-electron chi connectivity index (χ1n) is 13.9. The minimum atomic E-state index is -0.810. The van der Waals surface area contributed by atoms with Crippen LogP contribution in [0.5, 0.6) is 0 Å². The summed E-state index contributed by atoms with van der Waals surface area (Å²) in [6.45, 7) is 17.5. The summed E-state index contributed by atoms with van der Waals surface area (Å²) in [4.78, 5) is 0. The van der Waals surface area contributed by atoms with Gasteiger partial charge in [-0.2, -0.15) is 0 Å². The fourth-order valence-corrected chi connectivity index (χ4v) is 10.5. The second kappa shape index (κ2) is 8.30. The Morgan fingerprint density at radius 2 is 1.59 bits per heavy atom. The van der Waals surface area contributed by atoms with Crippen LogP contribution in [0.1, 0.15) is 107 Å². The van der Waals surface area contributed by atoms with E-state index in [1.54, 1.807) is 0 Å². The van der Waals surface area contributed by atoms with Gasteiger partial charge in [0.2, 0.25) is 0 Å². The molecule has 0 heterocycles. The third-order valence-corrected chi connectivity index (χ3v) is 12.3. The number of rotatable bonds is 4. The SMILES string of the molecule is CC(C)=CCC[C@](C)(O)[C@H]1CC[C@]2(C)[C@@H]1[C@H](O)C[C@@H]1[C@@]3(C)CC[C@H](O)C(C)(C)[C@@H]3[C@@H](O)C[C@]12C. The van der Waals surface area contributed by atoms with Gasteiger partial charge in [0.05, 0.1) is 23.9 Å². The summed E-state index contributed by atoms with van der Waals surface area (Å²) in [6, 6.07) is 0. The Morgan fingerprint density at radius 1 is 0.941 bits per heavy atom. The summed E-state index contributed by atoms with van der Waals surface area (Å²) in [5, 5.41) is 46.0. The van der Waals surface area contributed by atoms with Crippen molar-refractivity contribution in [2.45, 2.75) is 131 Å². The van der Waals surface area contributed by atoms with E-state index in [1.165, 1.54) is 5.57 Å². The predicted octanol–water partition coefficient (Wildman–Crippen LogP) is 5.47. The van der Waals surface area contributed by atoms with Gasteiger partial charge >= 0.3 is 0 Å². The van der Waals surface area contributed by atoms with Gasteiger partial charge in [0, 0.05) is 0 Å². The van der Waals surface area contributed by atoms with Crippen molar-refractivity contribution in [3.63, 3.8) is 0 Å². The van der Waals surface area contributed by atoms with Crippen molar-refractivity contribution in [2.75, 3.05) is 0 Å². The van der Waals surface area contributed by atoms with Gasteiger partial charge in [-0.25, -0.2) is 0 Å². The van der Waals surface area contributed by atoms with E-state index in [0.717, 1.165) is 51.4 Å². The lowest BCUT2D eigenvalue weighted by Crippen LogP contribution is -2.69. The second-order valence-corrected chi connectivity index (χ2v) is 14.7. The topological polar surface area (TPSA) is 80.9 Å². The van der Waals surface area contributed by atoms with Crippen LogP contribution in [0, 0.1) is 45.3 Å². The van der Waals surface area contributed by atoms with E-state index in [4.69, 9.17) is 0 Å². The van der Waals surface area contributed by atoms with Gasteiger partial charge in [-0.15, -0.1) is 0 Å². The number of hydrogen-bond donors (Lipinski definition) is 4.